The summed E-state index contributed by atoms with van der Waals surface area (Å²) in [6.45, 7) is 5.80. The number of nitrogens with zero attached hydrogens (tertiary/aromatic N) is 1. The predicted molar refractivity (Wildman–Crippen MR) is 77.8 cm³/mol. The van der Waals surface area contributed by atoms with Crippen molar-refractivity contribution in [1.82, 2.24) is 0 Å². The Bertz CT molecular complexity index is 436. The van der Waals surface area contributed by atoms with Crippen molar-refractivity contribution in [3.63, 3.8) is 0 Å². The molecular weight excluding hydrogens is 312 g/mol. The van der Waals surface area contributed by atoms with Crippen LogP contribution in [-0.4, -0.2) is 30.9 Å². The maximum atomic E-state index is 8.74. The van der Waals surface area contributed by atoms with Crippen LogP contribution in [0.15, 0.2) is 27.8 Å². The molecule has 0 saturated heterocycles. The van der Waals surface area contributed by atoms with Gasteiger partial charge in [-0.15, -0.1) is 0 Å². The number of hydrogen-bond donors (Lipinski definition) is 2. The standard InChI is InChI=1S/C13H19BrN2O3/c1-9(2)8-18-5-6-19-12-4-3-10(14)7-11(12)13(15)16-17/h3-4,7,9,17H,5-6,8H2,1-2H3,(H2,15,16). The van der Waals surface area contributed by atoms with Gasteiger partial charge < -0.3 is 20.4 Å². The lowest BCUT2D eigenvalue weighted by atomic mass is 10.2. The SMILES string of the molecule is CC(C)COCCOc1ccc(Br)cc1/C(N)=N/O. The van der Waals surface area contributed by atoms with Gasteiger partial charge in [0.2, 0.25) is 0 Å². The Balaban J connectivity index is 2.58. The molecule has 1 aromatic rings. The van der Waals surface area contributed by atoms with Crippen molar-refractivity contribution in [1.29, 1.82) is 0 Å². The highest BCUT2D eigenvalue weighted by atomic mass is 79.9. The van der Waals surface area contributed by atoms with E-state index in [9.17, 15) is 0 Å². The van der Waals surface area contributed by atoms with Gasteiger partial charge in [0.1, 0.15) is 12.4 Å². The Labute approximate surface area is 121 Å². The van der Waals surface area contributed by atoms with Gasteiger partial charge in [0.15, 0.2) is 5.84 Å². The highest BCUT2D eigenvalue weighted by molar-refractivity contribution is 9.10. The normalized spacial score (nSPS) is 11.9. The molecule has 0 radical (unpaired) electrons. The van der Waals surface area contributed by atoms with Crippen molar-refractivity contribution in [2.75, 3.05) is 19.8 Å². The number of benzene rings is 1. The van der Waals surface area contributed by atoms with Crippen LogP contribution in [0.5, 0.6) is 5.75 Å². The minimum absolute atomic E-state index is 0.0133. The maximum absolute atomic E-state index is 8.74. The van der Waals surface area contributed by atoms with Gasteiger partial charge in [0, 0.05) is 11.1 Å². The van der Waals surface area contributed by atoms with E-state index in [0.717, 1.165) is 4.47 Å². The number of oxime groups is 1. The van der Waals surface area contributed by atoms with Gasteiger partial charge in [-0.05, 0) is 24.1 Å². The van der Waals surface area contributed by atoms with Crippen molar-refractivity contribution in [2.24, 2.45) is 16.8 Å². The first-order valence-electron chi connectivity index (χ1n) is 6.02. The van der Waals surface area contributed by atoms with Gasteiger partial charge >= 0.3 is 0 Å². The average molecular weight is 331 g/mol. The summed E-state index contributed by atoms with van der Waals surface area (Å²) in [7, 11) is 0. The fourth-order valence-electron chi connectivity index (χ4n) is 1.41. The second-order valence-corrected chi connectivity index (χ2v) is 5.36. The summed E-state index contributed by atoms with van der Waals surface area (Å²) in [6, 6.07) is 5.33. The van der Waals surface area contributed by atoms with E-state index in [1.807, 2.05) is 6.07 Å². The lowest BCUT2D eigenvalue weighted by molar-refractivity contribution is 0.0818. The van der Waals surface area contributed by atoms with E-state index in [-0.39, 0.29) is 5.84 Å². The third kappa shape index (κ3) is 5.48. The molecule has 0 saturated carbocycles. The molecule has 3 N–H and O–H groups in total. The third-order valence-electron chi connectivity index (χ3n) is 2.26. The molecule has 0 atom stereocenters. The van der Waals surface area contributed by atoms with Crippen LogP contribution < -0.4 is 10.5 Å². The van der Waals surface area contributed by atoms with Crippen LogP contribution in [0.1, 0.15) is 19.4 Å². The summed E-state index contributed by atoms with van der Waals surface area (Å²) in [5.41, 5.74) is 6.14. The largest absolute Gasteiger partial charge is 0.490 e. The molecule has 1 rings (SSSR count). The van der Waals surface area contributed by atoms with E-state index in [4.69, 9.17) is 20.4 Å². The second kappa shape index (κ2) is 8.01. The highest BCUT2D eigenvalue weighted by Gasteiger charge is 2.09. The molecule has 0 bridgehead atoms. The summed E-state index contributed by atoms with van der Waals surface area (Å²) >= 11 is 3.33. The van der Waals surface area contributed by atoms with Crippen LogP contribution in [0.4, 0.5) is 0 Å². The van der Waals surface area contributed by atoms with Crippen molar-refractivity contribution in [3.8, 4) is 5.75 Å². The van der Waals surface area contributed by atoms with E-state index in [0.29, 0.717) is 37.1 Å². The average Bonchev–Trinajstić information content (AvgIpc) is 2.38. The van der Waals surface area contributed by atoms with E-state index in [1.165, 1.54) is 0 Å². The molecule has 106 valence electrons. The Kier molecular flexibility index (Phi) is 6.66. The van der Waals surface area contributed by atoms with Gasteiger partial charge in [0.25, 0.3) is 0 Å². The number of amidine groups is 1. The Morgan fingerprint density at radius 2 is 2.16 bits per heavy atom. The van der Waals surface area contributed by atoms with E-state index in [2.05, 4.69) is 34.9 Å². The first kappa shape index (κ1) is 15.8. The zero-order chi connectivity index (χ0) is 14.3. The second-order valence-electron chi connectivity index (χ2n) is 4.44. The first-order chi connectivity index (χ1) is 9.04. The fraction of sp³-hybridized carbons (Fsp3) is 0.462. The monoisotopic (exact) mass is 330 g/mol. The van der Waals surface area contributed by atoms with Crippen LogP contribution in [0, 0.1) is 5.92 Å². The smallest absolute Gasteiger partial charge is 0.173 e. The molecule has 0 aliphatic heterocycles. The maximum Gasteiger partial charge on any atom is 0.173 e. The van der Waals surface area contributed by atoms with Crippen LogP contribution in [0.2, 0.25) is 0 Å². The number of hydrogen-bond acceptors (Lipinski definition) is 4. The highest BCUT2D eigenvalue weighted by Crippen LogP contribution is 2.23. The predicted octanol–water partition coefficient (Wildman–Crippen LogP) is 2.60. The van der Waals surface area contributed by atoms with Crippen LogP contribution >= 0.6 is 15.9 Å². The summed E-state index contributed by atoms with van der Waals surface area (Å²) in [5, 5.41) is 11.7. The fourth-order valence-corrected chi connectivity index (χ4v) is 1.77. The Morgan fingerprint density at radius 3 is 2.79 bits per heavy atom. The molecule has 0 spiro atoms. The van der Waals surface area contributed by atoms with E-state index < -0.39 is 0 Å². The minimum atomic E-state index is 0.0133. The lowest BCUT2D eigenvalue weighted by Gasteiger charge is -2.12. The molecule has 0 heterocycles. The number of nitrogens with two attached hydrogens (primary N) is 1. The zero-order valence-electron chi connectivity index (χ0n) is 11.1. The molecule has 0 amide bonds. The molecule has 1 aromatic carbocycles. The molecule has 0 aliphatic carbocycles. The zero-order valence-corrected chi connectivity index (χ0v) is 12.7. The Morgan fingerprint density at radius 1 is 1.42 bits per heavy atom. The number of halogens is 1. The molecule has 0 aromatic heterocycles. The van der Waals surface area contributed by atoms with Crippen molar-refractivity contribution < 1.29 is 14.7 Å². The minimum Gasteiger partial charge on any atom is -0.490 e. The van der Waals surface area contributed by atoms with Crippen LogP contribution in [0.3, 0.4) is 0 Å². The van der Waals surface area contributed by atoms with Crippen LogP contribution in [-0.2, 0) is 4.74 Å². The molecule has 19 heavy (non-hydrogen) atoms. The van der Waals surface area contributed by atoms with Crippen LogP contribution in [0.25, 0.3) is 0 Å². The van der Waals surface area contributed by atoms with Crippen molar-refractivity contribution >= 4 is 21.8 Å². The summed E-state index contributed by atoms with van der Waals surface area (Å²) < 4.78 is 11.8. The van der Waals surface area contributed by atoms with Gasteiger partial charge in [-0.1, -0.05) is 34.9 Å². The molecular formula is C13H19BrN2O3. The molecule has 0 unspecified atom stereocenters. The summed E-state index contributed by atoms with van der Waals surface area (Å²) in [6.07, 6.45) is 0. The van der Waals surface area contributed by atoms with Gasteiger partial charge in [-0.25, -0.2) is 0 Å². The van der Waals surface area contributed by atoms with Gasteiger partial charge in [0.05, 0.1) is 12.2 Å². The molecule has 0 fully saturated rings. The van der Waals surface area contributed by atoms with Gasteiger partial charge in [-0.3, -0.25) is 0 Å². The van der Waals surface area contributed by atoms with E-state index in [1.54, 1.807) is 12.1 Å². The van der Waals surface area contributed by atoms with Gasteiger partial charge in [-0.2, -0.15) is 0 Å². The third-order valence-corrected chi connectivity index (χ3v) is 2.75. The number of rotatable bonds is 7. The molecule has 5 nitrogen and oxygen atoms in total. The first-order valence-corrected chi connectivity index (χ1v) is 6.82. The molecule has 6 heteroatoms. The summed E-state index contributed by atoms with van der Waals surface area (Å²) in [4.78, 5) is 0. The van der Waals surface area contributed by atoms with E-state index >= 15 is 0 Å². The van der Waals surface area contributed by atoms with Crippen molar-refractivity contribution in [3.05, 3.63) is 28.2 Å². The molecule has 0 aliphatic rings. The lowest BCUT2D eigenvalue weighted by Crippen LogP contribution is -2.16. The van der Waals surface area contributed by atoms with Crippen molar-refractivity contribution in [2.45, 2.75) is 13.8 Å². The summed E-state index contributed by atoms with van der Waals surface area (Å²) in [5.74, 6) is 1.08. The quantitative estimate of drug-likeness (QED) is 0.265. The Hall–Kier alpha value is -1.27. The number of ether oxygens (including phenoxy) is 2. The topological polar surface area (TPSA) is 77.1 Å².